The van der Waals surface area contributed by atoms with Crippen LogP contribution in [0.25, 0.3) is 28.0 Å². The maximum absolute atomic E-state index is 4.30. The molecule has 1 N–H and O–H groups in total. The van der Waals surface area contributed by atoms with E-state index in [1.54, 1.807) is 0 Å². The minimum atomic E-state index is 0.880. The summed E-state index contributed by atoms with van der Waals surface area (Å²) in [6, 6.07) is 14.4. The molecular formula is C26H27N5S. The Hall–Kier alpha value is -3.69. The minimum Gasteiger partial charge on any atom is -0.377 e. The molecule has 2 heterocycles. The average Bonchev–Trinajstić information content (AvgIpc) is 3.25. The molecule has 2 aromatic heterocycles. The lowest BCUT2D eigenvalue weighted by atomic mass is 10.1. The number of pyridine rings is 1. The summed E-state index contributed by atoms with van der Waals surface area (Å²) >= 11 is 3.86. The van der Waals surface area contributed by atoms with Gasteiger partial charge >= 0.3 is 0 Å². The van der Waals surface area contributed by atoms with Crippen LogP contribution in [0.4, 0.5) is 11.5 Å². The maximum Gasteiger partial charge on any atom is 0.126 e. The fourth-order valence-corrected chi connectivity index (χ4v) is 3.42. The second kappa shape index (κ2) is 10.6. The molecule has 0 aliphatic carbocycles. The maximum atomic E-state index is 4.30. The molecule has 32 heavy (non-hydrogen) atoms. The number of fused-ring (bicyclic) bond motifs is 1. The van der Waals surface area contributed by atoms with Gasteiger partial charge in [0, 0.05) is 62.8 Å². The molecule has 0 bridgehead atoms. The number of thiol groups is 1. The summed E-state index contributed by atoms with van der Waals surface area (Å²) in [5, 5.41) is 12.2. The van der Waals surface area contributed by atoms with Gasteiger partial charge in [-0.05, 0) is 52.1 Å². The fourth-order valence-electron chi connectivity index (χ4n) is 3.30. The Morgan fingerprint density at radius 2 is 1.88 bits per heavy atom. The smallest absolute Gasteiger partial charge is 0.126 e. The lowest BCUT2D eigenvalue weighted by Gasteiger charge is -2.15. The van der Waals surface area contributed by atoms with Crippen molar-refractivity contribution >= 4 is 41.0 Å². The van der Waals surface area contributed by atoms with Crippen molar-refractivity contribution in [2.45, 2.75) is 0 Å². The predicted octanol–water partition coefficient (Wildman–Crippen LogP) is 5.31. The fraction of sp³-hybridized carbons (Fsp3) is 0.154. The van der Waals surface area contributed by atoms with Crippen molar-refractivity contribution in [1.29, 1.82) is 0 Å². The van der Waals surface area contributed by atoms with Gasteiger partial charge in [-0.2, -0.15) is 5.10 Å². The van der Waals surface area contributed by atoms with Crippen LogP contribution < -0.4 is 10.2 Å². The Labute approximate surface area is 195 Å². The summed E-state index contributed by atoms with van der Waals surface area (Å²) in [6.45, 7) is 3.78. The Kier molecular flexibility index (Phi) is 7.58. The first kappa shape index (κ1) is 23.0. The van der Waals surface area contributed by atoms with Crippen LogP contribution in [-0.4, -0.2) is 35.9 Å². The van der Waals surface area contributed by atoms with Gasteiger partial charge in [-0.1, -0.05) is 43.3 Å². The molecule has 0 radical (unpaired) electrons. The topological polar surface area (TPSA) is 46.0 Å². The van der Waals surface area contributed by atoms with Gasteiger partial charge in [0.1, 0.15) is 5.82 Å². The van der Waals surface area contributed by atoms with Gasteiger partial charge in [0.15, 0.2) is 0 Å². The zero-order valence-electron chi connectivity index (χ0n) is 18.8. The first-order chi connectivity index (χ1) is 15.4. The van der Waals surface area contributed by atoms with Gasteiger partial charge in [0.25, 0.3) is 0 Å². The zero-order chi connectivity index (χ0) is 23.1. The summed E-state index contributed by atoms with van der Waals surface area (Å²) in [4.78, 5) is 6.35. The van der Waals surface area contributed by atoms with E-state index in [1.807, 2.05) is 75.7 Å². The van der Waals surface area contributed by atoms with Gasteiger partial charge < -0.3 is 10.2 Å². The summed E-state index contributed by atoms with van der Waals surface area (Å²) in [5.41, 5.74) is 5.49. The van der Waals surface area contributed by atoms with Gasteiger partial charge in [0.2, 0.25) is 0 Å². The molecule has 2 aromatic carbocycles. The number of hydrogen-bond acceptors (Lipinski definition) is 5. The third-order valence-corrected chi connectivity index (χ3v) is 5.06. The molecule has 162 valence electrons. The van der Waals surface area contributed by atoms with E-state index in [1.165, 1.54) is 10.9 Å². The van der Waals surface area contributed by atoms with Crippen LogP contribution in [0.1, 0.15) is 11.1 Å². The van der Waals surface area contributed by atoms with Crippen molar-refractivity contribution in [1.82, 2.24) is 14.8 Å². The molecule has 0 saturated carbocycles. The first-order valence-electron chi connectivity index (χ1n) is 10.1. The van der Waals surface area contributed by atoms with Crippen molar-refractivity contribution in [3.63, 3.8) is 0 Å². The van der Waals surface area contributed by atoms with Crippen molar-refractivity contribution in [3.05, 3.63) is 78.8 Å². The summed E-state index contributed by atoms with van der Waals surface area (Å²) in [6.07, 6.45) is 7.61. The lowest BCUT2D eigenvalue weighted by molar-refractivity contribution is 0.768. The van der Waals surface area contributed by atoms with Crippen molar-refractivity contribution in [2.75, 3.05) is 31.4 Å². The van der Waals surface area contributed by atoms with E-state index in [2.05, 4.69) is 74.9 Å². The third kappa shape index (κ3) is 5.51. The standard InChI is InChI=1S/C14H14N4.C12H13NS/c1-15-14-6-12-5-10(3-4-11(12)7-16-14)13-8-17-18(2)9-13;1-4-11-9-10(7-8-14)5-6-12(11)13(2)3/h3-9H,1-2H3,(H,15,16);4-6,9,14H,1H2,2-3H3. The number of nitrogens with one attached hydrogen (secondary N) is 1. The molecule has 0 amide bonds. The van der Waals surface area contributed by atoms with Crippen LogP contribution in [0.3, 0.4) is 0 Å². The number of nitrogens with zero attached hydrogens (tertiary/aromatic N) is 4. The lowest BCUT2D eigenvalue weighted by Crippen LogP contribution is -2.10. The zero-order valence-corrected chi connectivity index (χ0v) is 19.7. The predicted molar refractivity (Wildman–Crippen MR) is 140 cm³/mol. The number of rotatable bonds is 4. The molecule has 0 fully saturated rings. The van der Waals surface area contributed by atoms with Crippen molar-refractivity contribution < 1.29 is 0 Å². The van der Waals surface area contributed by atoms with E-state index in [4.69, 9.17) is 0 Å². The van der Waals surface area contributed by atoms with Crippen LogP contribution in [0.2, 0.25) is 0 Å². The van der Waals surface area contributed by atoms with E-state index in [-0.39, 0.29) is 0 Å². The van der Waals surface area contributed by atoms with Crippen LogP contribution in [0.5, 0.6) is 0 Å². The largest absolute Gasteiger partial charge is 0.377 e. The summed E-state index contributed by atoms with van der Waals surface area (Å²) in [5.74, 6) is 3.78. The number of aryl methyl sites for hydroxylation is 1. The van der Waals surface area contributed by atoms with Crippen LogP contribution >= 0.6 is 12.6 Å². The Bertz CT molecular complexity index is 1290. The Morgan fingerprint density at radius 1 is 1.06 bits per heavy atom. The second-order valence-electron chi connectivity index (χ2n) is 7.39. The highest BCUT2D eigenvalue weighted by Gasteiger charge is 2.03. The summed E-state index contributed by atoms with van der Waals surface area (Å²) < 4.78 is 1.81. The van der Waals surface area contributed by atoms with Crippen LogP contribution in [-0.2, 0) is 7.05 Å². The Morgan fingerprint density at radius 3 is 2.50 bits per heavy atom. The van der Waals surface area contributed by atoms with Crippen LogP contribution in [0, 0.1) is 11.2 Å². The minimum absolute atomic E-state index is 0.880. The second-order valence-corrected chi connectivity index (χ2v) is 7.62. The molecule has 0 atom stereocenters. The molecule has 0 aliphatic heterocycles. The number of hydrogen-bond donors (Lipinski definition) is 2. The van der Waals surface area contributed by atoms with E-state index in [0.29, 0.717) is 0 Å². The van der Waals surface area contributed by atoms with Gasteiger partial charge in [-0.25, -0.2) is 4.98 Å². The van der Waals surface area contributed by atoms with Gasteiger partial charge in [0.05, 0.1) is 6.20 Å². The number of benzene rings is 2. The quantitative estimate of drug-likeness (QED) is 0.333. The summed E-state index contributed by atoms with van der Waals surface area (Å²) in [7, 11) is 7.81. The SMILES string of the molecule is C=Cc1cc(C#CS)ccc1N(C)C.CNc1cc2cc(-c3cnn(C)c3)ccc2cn1. The molecule has 0 aliphatic rings. The van der Waals surface area contributed by atoms with E-state index < -0.39 is 0 Å². The molecule has 6 heteroatoms. The molecule has 0 spiro atoms. The van der Waals surface area contributed by atoms with Gasteiger partial charge in [-0.15, -0.1) is 0 Å². The molecule has 0 saturated heterocycles. The highest BCUT2D eigenvalue weighted by atomic mass is 32.1. The van der Waals surface area contributed by atoms with Crippen LogP contribution in [0.15, 0.2) is 67.6 Å². The highest BCUT2D eigenvalue weighted by molar-refractivity contribution is 7.85. The van der Waals surface area contributed by atoms with E-state index in [0.717, 1.165) is 33.6 Å². The highest BCUT2D eigenvalue weighted by Crippen LogP contribution is 2.25. The Balaban J connectivity index is 0.000000188. The monoisotopic (exact) mass is 441 g/mol. The molecule has 4 aromatic rings. The van der Waals surface area contributed by atoms with Gasteiger partial charge in [-0.3, -0.25) is 4.68 Å². The number of anilines is 2. The normalized spacial score (nSPS) is 9.91. The van der Waals surface area contributed by atoms with E-state index >= 15 is 0 Å². The van der Waals surface area contributed by atoms with E-state index in [9.17, 15) is 0 Å². The third-order valence-electron chi connectivity index (χ3n) is 4.95. The molecule has 0 unspecified atom stereocenters. The number of aromatic nitrogens is 3. The molecular weight excluding hydrogens is 414 g/mol. The molecule has 5 nitrogen and oxygen atoms in total. The average molecular weight is 442 g/mol. The van der Waals surface area contributed by atoms with Crippen molar-refractivity contribution in [3.8, 4) is 22.3 Å². The van der Waals surface area contributed by atoms with Crippen molar-refractivity contribution in [2.24, 2.45) is 7.05 Å². The molecule has 4 rings (SSSR count). The first-order valence-corrected chi connectivity index (χ1v) is 10.6.